The molecule has 0 aliphatic carbocycles. The Morgan fingerprint density at radius 2 is 2.04 bits per heavy atom. The first-order valence-electron chi connectivity index (χ1n) is 9.85. The number of likely N-dealkylation sites (tertiary alicyclic amines) is 1. The molecule has 3 fully saturated rings. The zero-order valence-electron chi connectivity index (χ0n) is 16.6. The van der Waals surface area contributed by atoms with E-state index in [0.29, 0.717) is 6.54 Å². The van der Waals surface area contributed by atoms with Crippen molar-refractivity contribution in [3.05, 3.63) is 0 Å². The summed E-state index contributed by atoms with van der Waals surface area (Å²) in [4.78, 5) is 40.8. The van der Waals surface area contributed by atoms with Gasteiger partial charge in [0.25, 0.3) is 0 Å². The molecular weight excluding hydrogens is 366 g/mol. The zero-order chi connectivity index (χ0) is 20.0. The van der Waals surface area contributed by atoms with Crippen molar-refractivity contribution < 1.29 is 19.5 Å². The second-order valence-corrected chi connectivity index (χ2v) is 10.4. The molecule has 3 aliphatic heterocycles. The van der Waals surface area contributed by atoms with Crippen LogP contribution in [0.1, 0.15) is 47.0 Å². The fourth-order valence-corrected chi connectivity index (χ4v) is 7.13. The van der Waals surface area contributed by atoms with E-state index < -0.39 is 28.2 Å². The molecule has 3 heterocycles. The summed E-state index contributed by atoms with van der Waals surface area (Å²) in [5, 5.41) is 15.5. The molecule has 0 aromatic carbocycles. The van der Waals surface area contributed by atoms with Gasteiger partial charge in [-0.2, -0.15) is 0 Å². The first kappa shape index (κ1) is 20.5. The molecule has 2 bridgehead atoms. The van der Waals surface area contributed by atoms with E-state index in [0.717, 1.165) is 19.3 Å². The van der Waals surface area contributed by atoms with Gasteiger partial charge >= 0.3 is 0 Å². The second kappa shape index (κ2) is 7.28. The number of carbonyl (C=O) groups excluding carboxylic acids is 3. The molecule has 2 unspecified atom stereocenters. The van der Waals surface area contributed by atoms with Crippen LogP contribution in [0.2, 0.25) is 0 Å². The Hall–Kier alpha value is -1.28. The summed E-state index contributed by atoms with van der Waals surface area (Å²) < 4.78 is -0.569. The molecule has 3 rings (SSSR count). The minimum atomic E-state index is -0.639. The van der Waals surface area contributed by atoms with E-state index in [1.54, 1.807) is 11.8 Å². The molecule has 1 spiro atoms. The summed E-state index contributed by atoms with van der Waals surface area (Å²) in [7, 11) is 0. The van der Waals surface area contributed by atoms with E-state index in [1.165, 1.54) is 4.90 Å². The van der Waals surface area contributed by atoms with E-state index in [-0.39, 0.29) is 36.1 Å². The van der Waals surface area contributed by atoms with Crippen molar-refractivity contribution in [2.75, 3.05) is 19.7 Å². The van der Waals surface area contributed by atoms with Gasteiger partial charge in [-0.1, -0.05) is 6.92 Å². The van der Waals surface area contributed by atoms with Gasteiger partial charge in [0.15, 0.2) is 0 Å². The number of amides is 3. The summed E-state index contributed by atoms with van der Waals surface area (Å²) in [6.07, 6.45) is 2.43. The number of aliphatic hydroxyl groups excluding tert-OH is 1. The van der Waals surface area contributed by atoms with Crippen molar-refractivity contribution in [2.45, 2.75) is 68.5 Å². The Kier molecular flexibility index (Phi) is 5.51. The summed E-state index contributed by atoms with van der Waals surface area (Å²) in [5.41, 5.74) is -0.418. The van der Waals surface area contributed by atoms with E-state index in [9.17, 15) is 19.5 Å². The van der Waals surface area contributed by atoms with Gasteiger partial charge in [0, 0.05) is 23.9 Å². The molecule has 0 aromatic rings. The molecule has 0 aromatic heterocycles. The standard InChI is InChI=1S/C19H31N3O4S/c1-5-8-20-15(24)12-11-6-7-19(27-11)13(12)17(26)22(9-10-23)14(19)16(25)21-18(2,3)4/h11-14,23H,5-10H2,1-4H3,(H,20,24)(H,21,25)/t11-,12+,13+,14?,19?/m1/s1. The highest BCUT2D eigenvalue weighted by atomic mass is 32.2. The van der Waals surface area contributed by atoms with Gasteiger partial charge < -0.3 is 20.6 Å². The molecule has 7 nitrogen and oxygen atoms in total. The maximum absolute atomic E-state index is 13.3. The first-order chi connectivity index (χ1) is 12.7. The number of carbonyl (C=O) groups is 3. The van der Waals surface area contributed by atoms with Gasteiger partial charge in [-0.25, -0.2) is 0 Å². The quantitative estimate of drug-likeness (QED) is 0.607. The maximum Gasteiger partial charge on any atom is 0.244 e. The molecule has 0 saturated carbocycles. The summed E-state index contributed by atoms with van der Waals surface area (Å²) in [6, 6.07) is -0.639. The number of aliphatic hydroxyl groups is 1. The normalized spacial score (nSPS) is 34.7. The lowest BCUT2D eigenvalue weighted by Crippen LogP contribution is -2.57. The minimum absolute atomic E-state index is 0.0740. The summed E-state index contributed by atoms with van der Waals surface area (Å²) >= 11 is 1.65. The lowest BCUT2D eigenvalue weighted by molar-refractivity contribution is -0.140. The molecule has 3 amide bonds. The first-order valence-corrected chi connectivity index (χ1v) is 10.7. The Morgan fingerprint density at radius 1 is 1.33 bits per heavy atom. The maximum atomic E-state index is 13.3. The second-order valence-electron chi connectivity index (χ2n) is 8.84. The Balaban J connectivity index is 1.95. The topological polar surface area (TPSA) is 98.7 Å². The van der Waals surface area contributed by atoms with E-state index in [1.807, 2.05) is 27.7 Å². The van der Waals surface area contributed by atoms with Gasteiger partial charge in [0.1, 0.15) is 6.04 Å². The fourth-order valence-electron chi connectivity index (χ4n) is 4.91. The number of hydrogen-bond donors (Lipinski definition) is 3. The Bertz CT molecular complexity index is 635. The van der Waals surface area contributed by atoms with Crippen molar-refractivity contribution in [3.63, 3.8) is 0 Å². The average Bonchev–Trinajstić information content (AvgIpc) is 3.19. The lowest BCUT2D eigenvalue weighted by Gasteiger charge is -2.36. The molecule has 5 atom stereocenters. The summed E-state index contributed by atoms with van der Waals surface area (Å²) in [5.74, 6) is -1.30. The molecule has 0 radical (unpaired) electrons. The third-order valence-electron chi connectivity index (χ3n) is 5.74. The van der Waals surface area contributed by atoms with E-state index in [4.69, 9.17) is 0 Å². The van der Waals surface area contributed by atoms with Crippen LogP contribution in [0, 0.1) is 11.8 Å². The number of fused-ring (bicyclic) bond motifs is 1. The fraction of sp³-hybridized carbons (Fsp3) is 0.842. The SMILES string of the molecule is CCCNC(=O)[C@@H]1[C@H]2C(=O)N(CCO)C(C(=O)NC(C)(C)C)C23CC[C@H]1S3. The Labute approximate surface area is 165 Å². The highest BCUT2D eigenvalue weighted by molar-refractivity contribution is 8.02. The van der Waals surface area contributed by atoms with Crippen LogP contribution in [0.5, 0.6) is 0 Å². The van der Waals surface area contributed by atoms with Crippen LogP contribution in [0.4, 0.5) is 0 Å². The van der Waals surface area contributed by atoms with Crippen LogP contribution in [-0.4, -0.2) is 69.0 Å². The van der Waals surface area contributed by atoms with Crippen molar-refractivity contribution in [1.29, 1.82) is 0 Å². The van der Waals surface area contributed by atoms with Gasteiger partial charge in [0.05, 0.1) is 23.2 Å². The van der Waals surface area contributed by atoms with Crippen LogP contribution < -0.4 is 10.6 Å². The number of rotatable bonds is 6. The largest absolute Gasteiger partial charge is 0.395 e. The minimum Gasteiger partial charge on any atom is -0.395 e. The van der Waals surface area contributed by atoms with Crippen LogP contribution in [0.15, 0.2) is 0 Å². The summed E-state index contributed by atoms with van der Waals surface area (Å²) in [6.45, 7) is 8.24. The van der Waals surface area contributed by atoms with Crippen molar-refractivity contribution >= 4 is 29.5 Å². The third kappa shape index (κ3) is 3.35. The third-order valence-corrected chi connectivity index (χ3v) is 7.69. The number of β-amino-alcohol motifs (C(OH)–C–C–N with tert-alkyl or cyclic N) is 1. The highest BCUT2D eigenvalue weighted by Gasteiger charge is 2.73. The van der Waals surface area contributed by atoms with Gasteiger partial charge in [-0.05, 0) is 40.0 Å². The van der Waals surface area contributed by atoms with Gasteiger partial charge in [0.2, 0.25) is 17.7 Å². The zero-order valence-corrected chi connectivity index (χ0v) is 17.4. The molecule has 27 heavy (non-hydrogen) atoms. The van der Waals surface area contributed by atoms with Crippen LogP contribution in [-0.2, 0) is 14.4 Å². The van der Waals surface area contributed by atoms with E-state index >= 15 is 0 Å². The number of nitrogens with zero attached hydrogens (tertiary/aromatic N) is 1. The van der Waals surface area contributed by atoms with Crippen molar-refractivity contribution in [2.24, 2.45) is 11.8 Å². The highest BCUT2D eigenvalue weighted by Crippen LogP contribution is 2.66. The number of hydrogen-bond acceptors (Lipinski definition) is 5. The van der Waals surface area contributed by atoms with Crippen molar-refractivity contribution in [1.82, 2.24) is 15.5 Å². The number of thioether (sulfide) groups is 1. The van der Waals surface area contributed by atoms with Crippen molar-refractivity contribution in [3.8, 4) is 0 Å². The van der Waals surface area contributed by atoms with E-state index in [2.05, 4.69) is 10.6 Å². The van der Waals surface area contributed by atoms with Gasteiger partial charge in [-0.15, -0.1) is 11.8 Å². The van der Waals surface area contributed by atoms with Crippen LogP contribution >= 0.6 is 11.8 Å². The molecule has 152 valence electrons. The molecule has 3 aliphatic rings. The lowest BCUT2D eigenvalue weighted by atomic mass is 9.70. The average molecular weight is 398 g/mol. The Morgan fingerprint density at radius 3 is 2.63 bits per heavy atom. The predicted octanol–water partition coefficient (Wildman–Crippen LogP) is 0.511. The molecule has 8 heteroatoms. The van der Waals surface area contributed by atoms with Crippen LogP contribution in [0.25, 0.3) is 0 Å². The molecule has 3 N–H and O–H groups in total. The predicted molar refractivity (Wildman–Crippen MR) is 104 cm³/mol. The number of nitrogens with one attached hydrogen (secondary N) is 2. The smallest absolute Gasteiger partial charge is 0.244 e. The van der Waals surface area contributed by atoms with Gasteiger partial charge in [-0.3, -0.25) is 14.4 Å². The van der Waals surface area contributed by atoms with Crippen LogP contribution in [0.3, 0.4) is 0 Å². The molecular formula is C19H31N3O4S. The monoisotopic (exact) mass is 397 g/mol. The molecule has 3 saturated heterocycles.